The molecule has 0 aromatic heterocycles. The standard InChI is InChI=1S/C80H157NO5/c1-3-5-7-9-11-13-15-17-19-21-23-34-37-40-44-48-52-56-60-64-68-72-78(83)77(76-82)81-79(84)73-69-65-61-57-53-49-45-41-38-35-32-30-28-26-24-25-27-29-31-33-36-39-43-47-51-55-59-63-67-71-75-86-80(85)74-70-66-62-58-54-50-46-42-22-20-18-16-14-12-10-8-6-4-2/h20,22,77-78,82-83H,3-19,21,23-76H2,1-2H3,(H,81,84)/b22-20-. The molecule has 6 nitrogen and oxygen atoms in total. The average Bonchev–Trinajstić information content (AvgIpc) is 3.54. The summed E-state index contributed by atoms with van der Waals surface area (Å²) in [6, 6.07) is -0.539. The normalized spacial score (nSPS) is 12.5. The van der Waals surface area contributed by atoms with Crippen molar-refractivity contribution >= 4 is 11.9 Å². The lowest BCUT2D eigenvalue weighted by Gasteiger charge is -2.22. The Labute approximate surface area is 539 Å². The number of ether oxygens (including phenoxy) is 1. The summed E-state index contributed by atoms with van der Waals surface area (Å²) >= 11 is 0. The molecule has 0 bridgehead atoms. The van der Waals surface area contributed by atoms with Gasteiger partial charge in [-0.25, -0.2) is 0 Å². The lowest BCUT2D eigenvalue weighted by Crippen LogP contribution is -2.45. The van der Waals surface area contributed by atoms with Crippen molar-refractivity contribution in [2.75, 3.05) is 13.2 Å². The van der Waals surface area contributed by atoms with Crippen molar-refractivity contribution < 1.29 is 24.5 Å². The molecule has 0 saturated carbocycles. The minimum atomic E-state index is -0.662. The van der Waals surface area contributed by atoms with E-state index in [2.05, 4.69) is 31.3 Å². The van der Waals surface area contributed by atoms with Crippen LogP contribution in [0.25, 0.3) is 0 Å². The third-order valence-electron chi connectivity index (χ3n) is 19.1. The van der Waals surface area contributed by atoms with Gasteiger partial charge >= 0.3 is 5.97 Å². The fourth-order valence-corrected chi connectivity index (χ4v) is 13.0. The van der Waals surface area contributed by atoms with E-state index in [1.807, 2.05) is 0 Å². The number of carbonyl (C=O) groups excluding carboxylic acids is 2. The lowest BCUT2D eigenvalue weighted by molar-refractivity contribution is -0.143. The van der Waals surface area contributed by atoms with Crippen LogP contribution in [0, 0.1) is 0 Å². The van der Waals surface area contributed by atoms with Crippen LogP contribution in [0.15, 0.2) is 12.2 Å². The van der Waals surface area contributed by atoms with Gasteiger partial charge in [-0.3, -0.25) is 9.59 Å². The van der Waals surface area contributed by atoms with Gasteiger partial charge in [-0.2, -0.15) is 0 Å². The van der Waals surface area contributed by atoms with Crippen molar-refractivity contribution in [3.8, 4) is 0 Å². The van der Waals surface area contributed by atoms with E-state index < -0.39 is 12.1 Å². The maximum Gasteiger partial charge on any atom is 0.305 e. The van der Waals surface area contributed by atoms with Gasteiger partial charge in [-0.05, 0) is 51.4 Å². The lowest BCUT2D eigenvalue weighted by atomic mass is 10.0. The summed E-state index contributed by atoms with van der Waals surface area (Å²) in [5, 5.41) is 23.5. The number of esters is 1. The van der Waals surface area contributed by atoms with E-state index >= 15 is 0 Å². The number of rotatable bonds is 76. The molecule has 0 rings (SSSR count). The summed E-state index contributed by atoms with van der Waals surface area (Å²) in [4.78, 5) is 24.7. The van der Waals surface area contributed by atoms with E-state index in [1.54, 1.807) is 0 Å². The summed E-state index contributed by atoms with van der Waals surface area (Å²) < 4.78 is 5.51. The number of nitrogens with one attached hydrogen (secondary N) is 1. The number of carbonyl (C=O) groups is 2. The van der Waals surface area contributed by atoms with Crippen molar-refractivity contribution in [2.24, 2.45) is 0 Å². The van der Waals surface area contributed by atoms with E-state index in [4.69, 9.17) is 4.74 Å². The number of aliphatic hydroxyl groups is 2. The maximum absolute atomic E-state index is 12.6. The number of amides is 1. The molecule has 2 atom stereocenters. The Kier molecular flexibility index (Phi) is 74.8. The molecule has 0 fully saturated rings. The van der Waals surface area contributed by atoms with Gasteiger partial charge in [0, 0.05) is 12.8 Å². The molecule has 0 saturated heterocycles. The van der Waals surface area contributed by atoms with Gasteiger partial charge in [0.05, 0.1) is 25.4 Å². The maximum atomic E-state index is 12.6. The minimum Gasteiger partial charge on any atom is -0.466 e. The second kappa shape index (κ2) is 76.1. The zero-order valence-corrected chi connectivity index (χ0v) is 58.8. The van der Waals surface area contributed by atoms with Crippen LogP contribution in [-0.2, 0) is 14.3 Å². The first kappa shape index (κ1) is 84.6. The van der Waals surface area contributed by atoms with Crippen LogP contribution in [0.3, 0.4) is 0 Å². The molecular weight excluding hydrogens is 1050 g/mol. The number of hydrogen-bond acceptors (Lipinski definition) is 5. The average molecular weight is 1210 g/mol. The Bertz CT molecular complexity index is 1300. The molecule has 0 aliphatic rings. The summed E-state index contributed by atoms with van der Waals surface area (Å²) in [6.07, 6.45) is 95.9. The highest BCUT2D eigenvalue weighted by Gasteiger charge is 2.20. The zero-order valence-electron chi connectivity index (χ0n) is 58.8. The third kappa shape index (κ3) is 71.7. The van der Waals surface area contributed by atoms with Gasteiger partial charge in [0.25, 0.3) is 0 Å². The molecule has 0 aliphatic heterocycles. The quantitative estimate of drug-likeness (QED) is 0.0320. The fourth-order valence-electron chi connectivity index (χ4n) is 13.0. The van der Waals surface area contributed by atoms with E-state index in [0.29, 0.717) is 25.9 Å². The molecule has 512 valence electrons. The van der Waals surface area contributed by atoms with Crippen molar-refractivity contribution in [3.05, 3.63) is 12.2 Å². The first-order valence-electron chi connectivity index (χ1n) is 39.9. The van der Waals surface area contributed by atoms with Crippen molar-refractivity contribution in [1.82, 2.24) is 5.32 Å². The van der Waals surface area contributed by atoms with Crippen molar-refractivity contribution in [2.45, 2.75) is 475 Å². The first-order chi connectivity index (χ1) is 42.5. The molecule has 1 amide bonds. The Balaban J connectivity index is 3.32. The molecule has 86 heavy (non-hydrogen) atoms. The van der Waals surface area contributed by atoms with Gasteiger partial charge in [-0.15, -0.1) is 0 Å². The largest absolute Gasteiger partial charge is 0.466 e. The van der Waals surface area contributed by atoms with Crippen LogP contribution in [0.5, 0.6) is 0 Å². The van der Waals surface area contributed by atoms with Gasteiger partial charge in [0.15, 0.2) is 0 Å². The van der Waals surface area contributed by atoms with Crippen LogP contribution in [-0.4, -0.2) is 47.4 Å². The highest BCUT2D eigenvalue weighted by atomic mass is 16.5. The SMILES string of the molecule is CCCCCCCCC/C=C\CCCCCCCCCC(=O)OCCCCCCCCCCCCCCCCCCCCCCCCCCCCCCCCC(=O)NC(CO)C(O)CCCCCCCCCCCCCCCCCCCCCCC. The highest BCUT2D eigenvalue weighted by Crippen LogP contribution is 2.20. The number of aliphatic hydroxyl groups excluding tert-OH is 2. The van der Waals surface area contributed by atoms with E-state index in [0.717, 1.165) is 44.9 Å². The Morgan fingerprint density at radius 3 is 0.826 bits per heavy atom. The third-order valence-corrected chi connectivity index (χ3v) is 19.1. The first-order valence-corrected chi connectivity index (χ1v) is 39.9. The highest BCUT2D eigenvalue weighted by molar-refractivity contribution is 5.76. The van der Waals surface area contributed by atoms with Crippen LogP contribution >= 0.6 is 0 Å². The number of unbranched alkanes of at least 4 members (excludes halogenated alkanes) is 63. The van der Waals surface area contributed by atoms with Crippen molar-refractivity contribution in [1.29, 1.82) is 0 Å². The van der Waals surface area contributed by atoms with E-state index in [9.17, 15) is 19.8 Å². The Morgan fingerprint density at radius 1 is 0.314 bits per heavy atom. The Morgan fingerprint density at radius 2 is 0.547 bits per heavy atom. The summed E-state index contributed by atoms with van der Waals surface area (Å²) in [7, 11) is 0. The van der Waals surface area contributed by atoms with E-state index in [1.165, 1.54) is 385 Å². The molecule has 0 spiro atoms. The van der Waals surface area contributed by atoms with Gasteiger partial charge < -0.3 is 20.3 Å². The van der Waals surface area contributed by atoms with Gasteiger partial charge in [-0.1, -0.05) is 411 Å². The Hall–Kier alpha value is -1.40. The van der Waals surface area contributed by atoms with Crippen LogP contribution < -0.4 is 5.32 Å². The molecule has 0 heterocycles. The van der Waals surface area contributed by atoms with Gasteiger partial charge in [0.1, 0.15) is 0 Å². The monoisotopic (exact) mass is 1210 g/mol. The smallest absolute Gasteiger partial charge is 0.305 e. The van der Waals surface area contributed by atoms with Crippen LogP contribution in [0.4, 0.5) is 0 Å². The molecule has 6 heteroatoms. The molecule has 2 unspecified atom stereocenters. The molecule has 0 aromatic rings. The van der Waals surface area contributed by atoms with Crippen molar-refractivity contribution in [3.63, 3.8) is 0 Å². The number of hydrogen-bond donors (Lipinski definition) is 3. The molecule has 0 radical (unpaired) electrons. The topological polar surface area (TPSA) is 95.9 Å². The fraction of sp³-hybridized carbons (Fsp3) is 0.950. The zero-order chi connectivity index (χ0) is 62.0. The molecule has 0 aromatic carbocycles. The van der Waals surface area contributed by atoms with Crippen LogP contribution in [0.2, 0.25) is 0 Å². The van der Waals surface area contributed by atoms with Gasteiger partial charge in [0.2, 0.25) is 5.91 Å². The summed E-state index contributed by atoms with van der Waals surface area (Å²) in [5.41, 5.74) is 0. The second-order valence-electron chi connectivity index (χ2n) is 27.8. The minimum absolute atomic E-state index is 0.0186. The second-order valence-corrected chi connectivity index (χ2v) is 27.8. The molecular formula is C80H157NO5. The molecule has 3 N–H and O–H groups in total. The predicted molar refractivity (Wildman–Crippen MR) is 380 cm³/mol. The number of allylic oxidation sites excluding steroid dienone is 2. The summed E-state index contributed by atoms with van der Waals surface area (Å²) in [5.74, 6) is -0.00677. The molecule has 0 aliphatic carbocycles. The predicted octanol–water partition coefficient (Wildman–Crippen LogP) is 26.3. The van der Waals surface area contributed by atoms with Crippen LogP contribution in [0.1, 0.15) is 463 Å². The summed E-state index contributed by atoms with van der Waals surface area (Å²) in [6.45, 7) is 5.01. The van der Waals surface area contributed by atoms with E-state index in [-0.39, 0.29) is 18.5 Å².